The predicted octanol–water partition coefficient (Wildman–Crippen LogP) is 1.72. The van der Waals surface area contributed by atoms with E-state index in [1.807, 2.05) is 0 Å². The van der Waals surface area contributed by atoms with E-state index in [9.17, 15) is 14.4 Å². The second-order valence-electron chi connectivity index (χ2n) is 6.71. The molecule has 2 heterocycles. The first-order valence-corrected chi connectivity index (χ1v) is 8.91. The molecule has 0 spiro atoms. The topological polar surface area (TPSA) is 92.1 Å². The molecule has 1 saturated heterocycles. The molecule has 1 aliphatic heterocycles. The van der Waals surface area contributed by atoms with Gasteiger partial charge in [0.1, 0.15) is 23.6 Å². The van der Waals surface area contributed by atoms with Gasteiger partial charge in [-0.05, 0) is 36.8 Å². The first-order chi connectivity index (χ1) is 13.9. The number of hydrogen-bond acceptors (Lipinski definition) is 5. The molecule has 1 unspecified atom stereocenters. The van der Waals surface area contributed by atoms with Crippen molar-refractivity contribution in [2.75, 3.05) is 20.2 Å². The van der Waals surface area contributed by atoms with Crippen LogP contribution in [0.3, 0.4) is 0 Å². The minimum Gasteiger partial charge on any atom is -0.497 e. The number of methoxy groups -OCH3 is 1. The summed E-state index contributed by atoms with van der Waals surface area (Å²) in [5.74, 6) is 2.62. The van der Waals surface area contributed by atoms with Gasteiger partial charge in [-0.1, -0.05) is 18.1 Å². The number of urea groups is 1. The molecule has 4 amide bonds. The third-order valence-electron chi connectivity index (χ3n) is 4.80. The fourth-order valence-electron chi connectivity index (χ4n) is 3.13. The van der Waals surface area contributed by atoms with Crippen LogP contribution < -0.4 is 10.1 Å². The third kappa shape index (κ3) is 3.94. The smallest absolute Gasteiger partial charge is 0.325 e. The number of rotatable bonds is 7. The van der Waals surface area contributed by atoms with Crippen LogP contribution in [0.5, 0.6) is 5.75 Å². The molecule has 8 nitrogen and oxygen atoms in total. The van der Waals surface area contributed by atoms with Crippen molar-refractivity contribution in [1.29, 1.82) is 0 Å². The Bertz CT molecular complexity index is 946. The summed E-state index contributed by atoms with van der Waals surface area (Å²) < 4.78 is 10.4. The van der Waals surface area contributed by atoms with Gasteiger partial charge in [0.2, 0.25) is 5.91 Å². The van der Waals surface area contributed by atoms with Crippen molar-refractivity contribution in [1.82, 2.24) is 15.1 Å². The zero-order valence-corrected chi connectivity index (χ0v) is 16.2. The van der Waals surface area contributed by atoms with E-state index in [0.29, 0.717) is 17.1 Å². The molecule has 0 bridgehead atoms. The Morgan fingerprint density at radius 2 is 2.03 bits per heavy atom. The van der Waals surface area contributed by atoms with Gasteiger partial charge in [-0.3, -0.25) is 14.5 Å². The van der Waals surface area contributed by atoms with E-state index in [-0.39, 0.29) is 13.1 Å². The van der Waals surface area contributed by atoms with Crippen LogP contribution in [0.2, 0.25) is 0 Å². The maximum absolute atomic E-state index is 13.0. The summed E-state index contributed by atoms with van der Waals surface area (Å²) in [7, 11) is 1.54. The fourth-order valence-corrected chi connectivity index (χ4v) is 3.13. The van der Waals surface area contributed by atoms with Gasteiger partial charge >= 0.3 is 6.03 Å². The van der Waals surface area contributed by atoms with Crippen molar-refractivity contribution < 1.29 is 23.5 Å². The molecule has 2 aromatic rings. The minimum absolute atomic E-state index is 0.0267. The van der Waals surface area contributed by atoms with Crippen LogP contribution in [0.4, 0.5) is 4.79 Å². The summed E-state index contributed by atoms with van der Waals surface area (Å²) in [5.41, 5.74) is -0.690. The number of benzene rings is 1. The molecule has 150 valence electrons. The molecule has 1 N–H and O–H groups in total. The highest BCUT2D eigenvalue weighted by Crippen LogP contribution is 2.30. The van der Waals surface area contributed by atoms with Gasteiger partial charge in [0.05, 0.1) is 26.5 Å². The van der Waals surface area contributed by atoms with Crippen molar-refractivity contribution >= 4 is 17.8 Å². The second kappa shape index (κ2) is 8.10. The molecule has 3 rings (SSSR count). The molecule has 8 heteroatoms. The molecule has 1 aromatic heterocycles. The van der Waals surface area contributed by atoms with Gasteiger partial charge in [0.15, 0.2) is 0 Å². The number of amides is 4. The number of nitrogens with zero attached hydrogens (tertiary/aromatic N) is 2. The molecule has 1 aromatic carbocycles. The molecule has 0 saturated carbocycles. The molecule has 29 heavy (non-hydrogen) atoms. The van der Waals surface area contributed by atoms with E-state index in [0.717, 1.165) is 4.90 Å². The number of carbonyl (C=O) groups is 3. The summed E-state index contributed by atoms with van der Waals surface area (Å²) in [5, 5.41) is 2.67. The Labute approximate surface area is 168 Å². The number of terminal acetylenes is 1. The number of imide groups is 1. The minimum atomic E-state index is -1.28. The monoisotopic (exact) mass is 395 g/mol. The lowest BCUT2D eigenvalue weighted by Gasteiger charge is -2.24. The summed E-state index contributed by atoms with van der Waals surface area (Å²) in [4.78, 5) is 40.5. The second-order valence-corrected chi connectivity index (χ2v) is 6.71. The molecule has 0 radical (unpaired) electrons. The number of ether oxygens (including phenoxy) is 1. The lowest BCUT2D eigenvalue weighted by molar-refractivity contribution is -0.139. The highest BCUT2D eigenvalue weighted by Gasteiger charge is 2.49. The maximum Gasteiger partial charge on any atom is 0.325 e. The summed E-state index contributed by atoms with van der Waals surface area (Å²) in [6.07, 6.45) is 6.85. The van der Waals surface area contributed by atoms with Crippen LogP contribution >= 0.6 is 0 Å². The van der Waals surface area contributed by atoms with E-state index < -0.39 is 29.9 Å². The van der Waals surface area contributed by atoms with E-state index in [2.05, 4.69) is 11.2 Å². The first kappa shape index (κ1) is 20.0. The molecule has 0 aliphatic carbocycles. The van der Waals surface area contributed by atoms with Crippen LogP contribution in [0, 0.1) is 12.3 Å². The standard InChI is InChI=1S/C21H21N3O5/c1-4-11-23(13-17-6-5-12-29-17)18(25)14-24-19(26)21(2,22-20(24)27)15-7-9-16(28-3)10-8-15/h1,5-10,12H,11,13-14H2,2-3H3,(H,22,27). The quantitative estimate of drug-likeness (QED) is 0.569. The van der Waals surface area contributed by atoms with Gasteiger partial charge in [0.25, 0.3) is 5.91 Å². The van der Waals surface area contributed by atoms with Crippen LogP contribution in [0.1, 0.15) is 18.2 Å². The Morgan fingerprint density at radius 1 is 1.31 bits per heavy atom. The Hall–Kier alpha value is -3.73. The van der Waals surface area contributed by atoms with Crippen LogP contribution in [-0.4, -0.2) is 47.8 Å². The molecular weight excluding hydrogens is 374 g/mol. The molecule has 1 aliphatic rings. The lowest BCUT2D eigenvalue weighted by atomic mass is 9.92. The Balaban J connectivity index is 1.76. The zero-order chi connectivity index (χ0) is 21.0. The van der Waals surface area contributed by atoms with Crippen molar-refractivity contribution in [3.63, 3.8) is 0 Å². The van der Waals surface area contributed by atoms with E-state index in [4.69, 9.17) is 15.6 Å². The summed E-state index contributed by atoms with van der Waals surface area (Å²) >= 11 is 0. The van der Waals surface area contributed by atoms with Gasteiger partial charge in [-0.15, -0.1) is 6.42 Å². The summed E-state index contributed by atoms with van der Waals surface area (Å²) in [6, 6.07) is 9.57. The van der Waals surface area contributed by atoms with E-state index >= 15 is 0 Å². The first-order valence-electron chi connectivity index (χ1n) is 8.91. The average molecular weight is 395 g/mol. The summed E-state index contributed by atoms with van der Waals surface area (Å²) in [6.45, 7) is 1.36. The van der Waals surface area contributed by atoms with Crippen molar-refractivity contribution in [3.8, 4) is 18.1 Å². The predicted molar refractivity (Wildman–Crippen MR) is 104 cm³/mol. The zero-order valence-electron chi connectivity index (χ0n) is 16.2. The van der Waals surface area contributed by atoms with Gasteiger partial charge in [-0.2, -0.15) is 0 Å². The van der Waals surface area contributed by atoms with Crippen LogP contribution in [0.25, 0.3) is 0 Å². The highest BCUT2D eigenvalue weighted by atomic mass is 16.5. The molecule has 1 atom stereocenters. The normalized spacial score (nSPS) is 18.3. The third-order valence-corrected chi connectivity index (χ3v) is 4.80. The van der Waals surface area contributed by atoms with Crippen molar-refractivity contribution in [3.05, 3.63) is 54.0 Å². The van der Waals surface area contributed by atoms with E-state index in [1.54, 1.807) is 43.3 Å². The number of hydrogen-bond donors (Lipinski definition) is 1. The molecular formula is C21H21N3O5. The highest BCUT2D eigenvalue weighted by molar-refractivity contribution is 6.09. The largest absolute Gasteiger partial charge is 0.497 e. The van der Waals surface area contributed by atoms with Crippen LogP contribution in [-0.2, 0) is 21.7 Å². The lowest BCUT2D eigenvalue weighted by Crippen LogP contribution is -2.44. The number of nitrogens with one attached hydrogen (secondary N) is 1. The number of furan rings is 1. The fraction of sp³-hybridized carbons (Fsp3) is 0.286. The molecule has 1 fully saturated rings. The van der Waals surface area contributed by atoms with Crippen molar-refractivity contribution in [2.45, 2.75) is 19.0 Å². The number of carbonyl (C=O) groups excluding carboxylic acids is 3. The van der Waals surface area contributed by atoms with Gasteiger partial charge in [-0.25, -0.2) is 4.79 Å². The Kier molecular flexibility index (Phi) is 5.59. The SMILES string of the molecule is C#CCN(Cc1ccco1)C(=O)CN1C(=O)NC(C)(c2ccc(OC)cc2)C1=O. The van der Waals surface area contributed by atoms with Gasteiger partial charge in [0, 0.05) is 0 Å². The van der Waals surface area contributed by atoms with Crippen LogP contribution in [0.15, 0.2) is 47.1 Å². The van der Waals surface area contributed by atoms with E-state index in [1.165, 1.54) is 18.3 Å². The average Bonchev–Trinajstić information content (AvgIpc) is 3.30. The van der Waals surface area contributed by atoms with Gasteiger partial charge < -0.3 is 19.4 Å². The Morgan fingerprint density at radius 3 is 2.62 bits per heavy atom. The maximum atomic E-state index is 13.0. The van der Waals surface area contributed by atoms with Crippen molar-refractivity contribution in [2.24, 2.45) is 0 Å².